The first-order valence-electron chi connectivity index (χ1n) is 7.68. The molecule has 1 aromatic heterocycles. The lowest BCUT2D eigenvalue weighted by molar-refractivity contribution is -0.0214. The summed E-state index contributed by atoms with van der Waals surface area (Å²) >= 11 is 0. The number of nitrogens with one attached hydrogen (secondary N) is 1. The summed E-state index contributed by atoms with van der Waals surface area (Å²) in [4.78, 5) is 14.2. The first-order valence-corrected chi connectivity index (χ1v) is 7.68. The van der Waals surface area contributed by atoms with Crippen molar-refractivity contribution in [2.75, 3.05) is 19.7 Å². The van der Waals surface area contributed by atoms with Crippen molar-refractivity contribution >= 4 is 6.03 Å². The number of hydrogen-bond donors (Lipinski definition) is 1. The zero-order chi connectivity index (χ0) is 16.2. The molecule has 7 heteroatoms. The Morgan fingerprint density at radius 3 is 3.00 bits per heavy atom. The minimum atomic E-state index is -0.236. The molecule has 0 bridgehead atoms. The maximum Gasteiger partial charge on any atom is 0.317 e. The van der Waals surface area contributed by atoms with Gasteiger partial charge in [-0.2, -0.15) is 0 Å². The molecular formula is C16H21N5O2. The molecule has 1 atom stereocenters. The Kier molecular flexibility index (Phi) is 4.57. The number of hydrogen-bond acceptors (Lipinski definition) is 4. The van der Waals surface area contributed by atoms with Gasteiger partial charge in [0, 0.05) is 20.1 Å². The third kappa shape index (κ3) is 3.50. The molecule has 2 amide bonds. The van der Waals surface area contributed by atoms with Gasteiger partial charge in [-0.1, -0.05) is 24.3 Å². The van der Waals surface area contributed by atoms with Crippen LogP contribution in [0.5, 0.6) is 0 Å². The molecule has 0 aliphatic carbocycles. The standard InChI is InChI=1S/C16H21N5O2/c1-12-5-3-4-6-13(12)9-17-16(22)21-7-8-23-14(10-21)15-19-18-11-20(15)2/h3-6,11,14H,7-10H2,1-2H3,(H,17,22)/t14-/m0/s1. The van der Waals surface area contributed by atoms with E-state index in [0.29, 0.717) is 26.2 Å². The SMILES string of the molecule is Cc1ccccc1CNC(=O)N1CCO[C@H](c2nncn2C)C1. The van der Waals surface area contributed by atoms with Crippen LogP contribution in [0.3, 0.4) is 0 Å². The van der Waals surface area contributed by atoms with E-state index in [9.17, 15) is 4.79 Å². The summed E-state index contributed by atoms with van der Waals surface area (Å²) in [6, 6.07) is 7.96. The minimum Gasteiger partial charge on any atom is -0.366 e. The molecule has 122 valence electrons. The van der Waals surface area contributed by atoms with Crippen molar-refractivity contribution in [3.05, 3.63) is 47.5 Å². The number of aryl methyl sites for hydroxylation is 2. The average molecular weight is 315 g/mol. The van der Waals surface area contributed by atoms with Gasteiger partial charge < -0.3 is 19.5 Å². The van der Waals surface area contributed by atoms with Crippen molar-refractivity contribution in [1.29, 1.82) is 0 Å². The van der Waals surface area contributed by atoms with Crippen LogP contribution in [0, 0.1) is 6.92 Å². The van der Waals surface area contributed by atoms with E-state index in [2.05, 4.69) is 15.5 Å². The summed E-state index contributed by atoms with van der Waals surface area (Å²) in [5.74, 6) is 0.737. The Morgan fingerprint density at radius 1 is 1.43 bits per heavy atom. The van der Waals surface area contributed by atoms with Crippen molar-refractivity contribution in [1.82, 2.24) is 25.0 Å². The van der Waals surface area contributed by atoms with Crippen LogP contribution in [0.1, 0.15) is 23.1 Å². The molecule has 3 rings (SSSR count). The second kappa shape index (κ2) is 6.78. The van der Waals surface area contributed by atoms with Crippen molar-refractivity contribution < 1.29 is 9.53 Å². The number of nitrogens with zero attached hydrogens (tertiary/aromatic N) is 4. The molecular weight excluding hydrogens is 294 g/mol. The highest BCUT2D eigenvalue weighted by atomic mass is 16.5. The lowest BCUT2D eigenvalue weighted by atomic mass is 10.1. The smallest absolute Gasteiger partial charge is 0.317 e. The van der Waals surface area contributed by atoms with Gasteiger partial charge in [0.25, 0.3) is 0 Å². The van der Waals surface area contributed by atoms with Gasteiger partial charge in [-0.05, 0) is 18.1 Å². The molecule has 0 unspecified atom stereocenters. The second-order valence-electron chi connectivity index (χ2n) is 5.69. The third-order valence-corrected chi connectivity index (χ3v) is 4.08. The Bertz CT molecular complexity index is 685. The van der Waals surface area contributed by atoms with Crippen LogP contribution in [0.25, 0.3) is 0 Å². The summed E-state index contributed by atoms with van der Waals surface area (Å²) < 4.78 is 7.54. The number of aromatic nitrogens is 3. The minimum absolute atomic E-state index is 0.0799. The number of morpholine rings is 1. The first-order chi connectivity index (χ1) is 11.1. The average Bonchev–Trinajstić information content (AvgIpc) is 3.00. The monoisotopic (exact) mass is 315 g/mol. The summed E-state index contributed by atoms with van der Waals surface area (Å²) in [5, 5.41) is 10.9. The fourth-order valence-corrected chi connectivity index (χ4v) is 2.66. The van der Waals surface area contributed by atoms with Crippen LogP contribution in [0.15, 0.2) is 30.6 Å². The molecule has 1 fully saturated rings. The van der Waals surface area contributed by atoms with Gasteiger partial charge in [0.2, 0.25) is 0 Å². The van der Waals surface area contributed by atoms with Crippen LogP contribution in [-0.4, -0.2) is 45.4 Å². The molecule has 1 N–H and O–H groups in total. The zero-order valence-electron chi connectivity index (χ0n) is 13.4. The highest BCUT2D eigenvalue weighted by molar-refractivity contribution is 5.74. The Balaban J connectivity index is 1.59. The van der Waals surface area contributed by atoms with Gasteiger partial charge in [-0.15, -0.1) is 10.2 Å². The number of amides is 2. The molecule has 1 aromatic carbocycles. The highest BCUT2D eigenvalue weighted by Crippen LogP contribution is 2.19. The third-order valence-electron chi connectivity index (χ3n) is 4.08. The molecule has 0 saturated carbocycles. The summed E-state index contributed by atoms with van der Waals surface area (Å²) in [5.41, 5.74) is 2.30. The predicted molar refractivity (Wildman–Crippen MR) is 84.7 cm³/mol. The van der Waals surface area contributed by atoms with Crippen molar-refractivity contribution in [3.8, 4) is 0 Å². The largest absolute Gasteiger partial charge is 0.366 e. The molecule has 1 aliphatic heterocycles. The molecule has 2 aromatic rings. The zero-order valence-corrected chi connectivity index (χ0v) is 13.4. The fourth-order valence-electron chi connectivity index (χ4n) is 2.66. The van der Waals surface area contributed by atoms with Crippen molar-refractivity contribution in [2.24, 2.45) is 7.05 Å². The molecule has 1 aliphatic rings. The molecule has 0 radical (unpaired) electrons. The van der Waals surface area contributed by atoms with E-state index in [-0.39, 0.29) is 12.1 Å². The molecule has 1 saturated heterocycles. The number of ether oxygens (including phenoxy) is 1. The van der Waals surface area contributed by atoms with E-state index in [4.69, 9.17) is 4.74 Å². The van der Waals surface area contributed by atoms with Crippen LogP contribution >= 0.6 is 0 Å². The van der Waals surface area contributed by atoms with Crippen LogP contribution < -0.4 is 5.32 Å². The molecule has 0 spiro atoms. The van der Waals surface area contributed by atoms with E-state index in [1.807, 2.05) is 42.8 Å². The number of urea groups is 1. The maximum atomic E-state index is 12.4. The fraction of sp³-hybridized carbons (Fsp3) is 0.438. The summed E-state index contributed by atoms with van der Waals surface area (Å²) in [7, 11) is 1.87. The van der Waals surface area contributed by atoms with Gasteiger partial charge in [0.15, 0.2) is 5.82 Å². The van der Waals surface area contributed by atoms with Gasteiger partial charge in [-0.3, -0.25) is 0 Å². The van der Waals surface area contributed by atoms with Gasteiger partial charge in [-0.25, -0.2) is 4.79 Å². The molecule has 23 heavy (non-hydrogen) atoms. The first kappa shape index (κ1) is 15.5. The summed E-state index contributed by atoms with van der Waals surface area (Å²) in [6.45, 7) is 4.12. The molecule has 7 nitrogen and oxygen atoms in total. The van der Waals surface area contributed by atoms with E-state index in [0.717, 1.165) is 11.4 Å². The van der Waals surface area contributed by atoms with E-state index in [1.54, 1.807) is 11.2 Å². The normalized spacial score (nSPS) is 18.0. The number of carbonyl (C=O) groups is 1. The number of carbonyl (C=O) groups excluding carboxylic acids is 1. The number of rotatable bonds is 3. The molecule has 2 heterocycles. The summed E-state index contributed by atoms with van der Waals surface area (Å²) in [6.07, 6.45) is 1.40. The lowest BCUT2D eigenvalue weighted by Crippen LogP contribution is -2.47. The predicted octanol–water partition coefficient (Wildman–Crippen LogP) is 1.41. The van der Waals surface area contributed by atoms with Crippen LogP contribution in [0.2, 0.25) is 0 Å². The number of benzene rings is 1. The van der Waals surface area contributed by atoms with E-state index < -0.39 is 0 Å². The van der Waals surface area contributed by atoms with Gasteiger partial charge >= 0.3 is 6.03 Å². The van der Waals surface area contributed by atoms with E-state index in [1.165, 1.54) is 5.56 Å². The van der Waals surface area contributed by atoms with Gasteiger partial charge in [0.05, 0.1) is 13.2 Å². The van der Waals surface area contributed by atoms with Crippen LogP contribution in [0.4, 0.5) is 4.79 Å². The lowest BCUT2D eigenvalue weighted by Gasteiger charge is -2.32. The van der Waals surface area contributed by atoms with E-state index >= 15 is 0 Å². The second-order valence-corrected chi connectivity index (χ2v) is 5.69. The van der Waals surface area contributed by atoms with Crippen LogP contribution in [-0.2, 0) is 18.3 Å². The Hall–Kier alpha value is -2.41. The maximum absolute atomic E-state index is 12.4. The topological polar surface area (TPSA) is 72.3 Å². The highest BCUT2D eigenvalue weighted by Gasteiger charge is 2.28. The van der Waals surface area contributed by atoms with Crippen molar-refractivity contribution in [3.63, 3.8) is 0 Å². The Labute approximate surface area is 135 Å². The van der Waals surface area contributed by atoms with Crippen molar-refractivity contribution in [2.45, 2.75) is 19.6 Å². The Morgan fingerprint density at radius 2 is 2.26 bits per heavy atom. The van der Waals surface area contributed by atoms with Gasteiger partial charge in [0.1, 0.15) is 12.4 Å². The quantitative estimate of drug-likeness (QED) is 0.929.